The fraction of sp³-hybridized carbons (Fsp3) is 1.00. The molecule has 0 N–H and O–H groups in total. The van der Waals surface area contributed by atoms with E-state index in [1.165, 1.54) is 19.5 Å². The van der Waals surface area contributed by atoms with Crippen molar-refractivity contribution in [2.24, 2.45) is 5.92 Å². The molecule has 1 rings (SSSR count). The summed E-state index contributed by atoms with van der Waals surface area (Å²) in [4.78, 5) is 0. The van der Waals surface area contributed by atoms with Gasteiger partial charge in [0.25, 0.3) is 0 Å². The molecular weight excluding hydrogens is 210 g/mol. The first kappa shape index (κ1) is 13.1. The first-order chi connectivity index (χ1) is 6.99. The topological polar surface area (TPSA) is 27.7 Å². The summed E-state index contributed by atoms with van der Waals surface area (Å²) >= 11 is 0. The number of hydrogen-bond donors (Lipinski definition) is 0. The summed E-state index contributed by atoms with van der Waals surface area (Å²) in [5.74, 6) is 0.798. The van der Waals surface area contributed by atoms with Gasteiger partial charge in [-0.15, -0.1) is 0 Å². The maximum absolute atomic E-state index is 5.48. The van der Waals surface area contributed by atoms with Crippen LogP contribution < -0.4 is 0 Å². The van der Waals surface area contributed by atoms with Gasteiger partial charge >= 0.3 is 8.80 Å². The van der Waals surface area contributed by atoms with Gasteiger partial charge in [-0.2, -0.15) is 0 Å². The Kier molecular flexibility index (Phi) is 4.31. The summed E-state index contributed by atoms with van der Waals surface area (Å²) < 4.78 is 17.4. The van der Waals surface area contributed by atoms with E-state index in [1.807, 2.05) is 0 Å². The van der Waals surface area contributed by atoms with Crippen molar-refractivity contribution >= 4 is 8.80 Å². The Bertz CT molecular complexity index is 203. The fourth-order valence-corrected chi connectivity index (χ4v) is 4.63. The molecule has 0 radical (unpaired) electrons. The minimum Gasteiger partial charge on any atom is -0.374 e. The molecule has 0 bridgehead atoms. The van der Waals surface area contributed by atoms with E-state index in [1.54, 1.807) is 21.3 Å². The van der Waals surface area contributed by atoms with Crippen molar-refractivity contribution in [3.63, 3.8) is 0 Å². The molecule has 0 aromatic rings. The molecule has 4 nitrogen and oxygen atoms in total. The van der Waals surface area contributed by atoms with E-state index in [4.69, 9.17) is 13.3 Å². The van der Waals surface area contributed by atoms with Gasteiger partial charge < -0.3 is 17.8 Å². The number of rotatable bonds is 5. The van der Waals surface area contributed by atoms with Crippen LogP contribution in [0, 0.1) is 5.92 Å². The molecule has 1 aliphatic rings. The molecule has 90 valence electrons. The van der Waals surface area contributed by atoms with E-state index < -0.39 is 8.80 Å². The van der Waals surface area contributed by atoms with Gasteiger partial charge in [0, 0.05) is 33.7 Å². The second-order valence-corrected chi connectivity index (χ2v) is 7.78. The Hall–Kier alpha value is 0.0569. The molecule has 1 fully saturated rings. The van der Waals surface area contributed by atoms with Crippen molar-refractivity contribution in [3.05, 3.63) is 0 Å². The van der Waals surface area contributed by atoms with Crippen molar-refractivity contribution in [2.45, 2.75) is 13.3 Å². The summed E-state index contributed by atoms with van der Waals surface area (Å²) in [6.45, 7) is 4.70. The summed E-state index contributed by atoms with van der Waals surface area (Å²) in [5.41, 5.74) is 0. The largest absolute Gasteiger partial charge is 0.558 e. The predicted molar refractivity (Wildman–Crippen MR) is 61.3 cm³/mol. The lowest BCUT2D eigenvalue weighted by Crippen LogP contribution is -2.59. The molecule has 0 aromatic heterocycles. The fourth-order valence-electron chi connectivity index (χ4n) is 2.52. The molecule has 0 saturated carbocycles. The first-order valence-electron chi connectivity index (χ1n) is 5.48. The Balaban J connectivity index is 2.65. The zero-order valence-corrected chi connectivity index (χ0v) is 11.6. The van der Waals surface area contributed by atoms with Crippen LogP contribution in [0.5, 0.6) is 0 Å². The molecule has 1 saturated heterocycles. The monoisotopic (exact) mass is 234 g/mol. The van der Waals surface area contributed by atoms with Crippen molar-refractivity contribution in [3.8, 4) is 0 Å². The smallest absolute Gasteiger partial charge is 0.374 e. The van der Waals surface area contributed by atoms with Crippen molar-refractivity contribution in [2.75, 3.05) is 47.6 Å². The van der Waals surface area contributed by atoms with E-state index in [-0.39, 0.29) is 0 Å². The highest BCUT2D eigenvalue weighted by atomic mass is 28.4. The molecule has 0 spiro atoms. The quantitative estimate of drug-likeness (QED) is 0.522. The second kappa shape index (κ2) is 4.93. The number of nitrogens with zero attached hydrogens (tertiary/aromatic N) is 1. The Morgan fingerprint density at radius 3 is 2.07 bits per heavy atom. The number of quaternary nitrogens is 1. The summed E-state index contributed by atoms with van der Waals surface area (Å²) in [6, 6.07) is 0. The van der Waals surface area contributed by atoms with Gasteiger partial charge in [0.15, 0.2) is 0 Å². The Morgan fingerprint density at radius 1 is 1.20 bits per heavy atom. The van der Waals surface area contributed by atoms with Crippen LogP contribution in [0.1, 0.15) is 13.3 Å². The van der Waals surface area contributed by atoms with Gasteiger partial charge in [-0.25, -0.2) is 0 Å². The summed E-state index contributed by atoms with van der Waals surface area (Å²) in [7, 11) is 4.91. The number of hydrogen-bond acceptors (Lipinski definition) is 3. The molecular formula is C10H24NO3Si+. The first-order valence-corrected chi connectivity index (χ1v) is 7.41. The van der Waals surface area contributed by atoms with E-state index in [0.29, 0.717) is 0 Å². The van der Waals surface area contributed by atoms with Crippen LogP contribution in [-0.4, -0.2) is 60.9 Å². The van der Waals surface area contributed by atoms with Gasteiger partial charge in [-0.1, -0.05) is 6.92 Å². The molecule has 0 amide bonds. The Morgan fingerprint density at radius 2 is 1.73 bits per heavy atom. The lowest BCUT2D eigenvalue weighted by Gasteiger charge is -2.35. The van der Waals surface area contributed by atoms with Crippen LogP contribution in [0.25, 0.3) is 0 Å². The molecule has 15 heavy (non-hydrogen) atoms. The van der Waals surface area contributed by atoms with Gasteiger partial charge in [0.05, 0.1) is 20.1 Å². The van der Waals surface area contributed by atoms with Crippen LogP contribution in [0.15, 0.2) is 0 Å². The molecule has 2 atom stereocenters. The van der Waals surface area contributed by atoms with E-state index in [9.17, 15) is 0 Å². The molecule has 1 heterocycles. The highest BCUT2D eigenvalue weighted by molar-refractivity contribution is 6.60. The molecule has 1 aliphatic heterocycles. The van der Waals surface area contributed by atoms with Crippen molar-refractivity contribution < 1.29 is 17.8 Å². The maximum atomic E-state index is 5.48. The summed E-state index contributed by atoms with van der Waals surface area (Å²) in [5, 5.41) is 0. The lowest BCUT2D eigenvalue weighted by molar-refractivity contribution is -0.891. The average Bonchev–Trinajstić information content (AvgIpc) is 2.56. The van der Waals surface area contributed by atoms with Crippen LogP contribution in [0.2, 0.25) is 0 Å². The maximum Gasteiger partial charge on any atom is 0.558 e. The minimum absolute atomic E-state index is 0.798. The highest BCUT2D eigenvalue weighted by Gasteiger charge is 2.48. The zero-order chi connectivity index (χ0) is 11.5. The standard InChI is InChI=1S/C10H24NO3Si/c1-10-6-7-11(2,8-10)9-15(12-3,13-4)14-5/h10H,6-9H2,1-5H3/q+1. The van der Waals surface area contributed by atoms with Crippen LogP contribution in [0.3, 0.4) is 0 Å². The normalized spacial score (nSPS) is 32.2. The summed E-state index contributed by atoms with van der Waals surface area (Å²) in [6.07, 6.45) is 2.17. The molecule has 0 aliphatic carbocycles. The predicted octanol–water partition coefficient (Wildman–Crippen LogP) is 0.890. The third-order valence-corrected chi connectivity index (χ3v) is 6.44. The van der Waals surface area contributed by atoms with Gasteiger partial charge in [-0.3, -0.25) is 0 Å². The van der Waals surface area contributed by atoms with E-state index in [2.05, 4.69) is 14.0 Å². The van der Waals surface area contributed by atoms with Gasteiger partial charge in [0.2, 0.25) is 0 Å². The molecule has 5 heteroatoms. The second-order valence-electron chi connectivity index (χ2n) is 4.87. The highest BCUT2D eigenvalue weighted by Crippen LogP contribution is 2.24. The van der Waals surface area contributed by atoms with Crippen LogP contribution in [0.4, 0.5) is 0 Å². The minimum atomic E-state index is -2.41. The van der Waals surface area contributed by atoms with Crippen LogP contribution >= 0.6 is 0 Å². The van der Waals surface area contributed by atoms with E-state index in [0.717, 1.165) is 16.6 Å². The van der Waals surface area contributed by atoms with Gasteiger partial charge in [-0.05, 0) is 0 Å². The Labute approximate surface area is 94.1 Å². The molecule has 2 unspecified atom stereocenters. The third kappa shape index (κ3) is 3.01. The number of likely N-dealkylation sites (tertiary alicyclic amines) is 1. The third-order valence-electron chi connectivity index (χ3n) is 3.42. The SMILES string of the molecule is CO[Si](C[N+]1(C)CCC(C)C1)(OC)OC. The van der Waals surface area contributed by atoms with Crippen molar-refractivity contribution in [1.82, 2.24) is 0 Å². The van der Waals surface area contributed by atoms with Crippen molar-refractivity contribution in [1.29, 1.82) is 0 Å². The van der Waals surface area contributed by atoms with Gasteiger partial charge in [0.1, 0.15) is 6.17 Å². The van der Waals surface area contributed by atoms with Crippen LogP contribution in [-0.2, 0) is 13.3 Å². The average molecular weight is 234 g/mol. The lowest BCUT2D eigenvalue weighted by atomic mass is 10.2. The van der Waals surface area contributed by atoms with E-state index >= 15 is 0 Å². The zero-order valence-electron chi connectivity index (χ0n) is 10.6. The molecule has 0 aromatic carbocycles.